The van der Waals surface area contributed by atoms with Crippen molar-refractivity contribution in [1.29, 1.82) is 0 Å². The molecule has 0 radical (unpaired) electrons. The quantitative estimate of drug-likeness (QED) is 0.719. The van der Waals surface area contributed by atoms with Crippen LogP contribution in [0.5, 0.6) is 5.75 Å². The van der Waals surface area contributed by atoms with Gasteiger partial charge in [0.2, 0.25) is 5.91 Å². The first-order valence-electron chi connectivity index (χ1n) is 9.02. The summed E-state index contributed by atoms with van der Waals surface area (Å²) in [7, 11) is 0. The number of hydrogen-bond acceptors (Lipinski definition) is 4. The Bertz CT molecular complexity index is 990. The molecule has 0 spiro atoms. The molecule has 6 nitrogen and oxygen atoms in total. The number of hydrogen-bond donors (Lipinski definition) is 2. The smallest absolute Gasteiger partial charge is 0.262 e. The minimum Gasteiger partial charge on any atom is -0.479 e. The SMILES string of the molecule is O=C1COc2c(cccc2NC(=O)C(Cc2ccccn2)c2ccccc2)N1. The van der Waals surface area contributed by atoms with Crippen LogP contribution >= 0.6 is 0 Å². The second kappa shape index (κ2) is 7.92. The molecule has 140 valence electrons. The minimum absolute atomic E-state index is 0.0735. The number of benzene rings is 2. The van der Waals surface area contributed by atoms with Gasteiger partial charge in [-0.05, 0) is 29.8 Å². The molecule has 0 bridgehead atoms. The van der Waals surface area contributed by atoms with Crippen LogP contribution in [-0.4, -0.2) is 23.4 Å². The zero-order valence-electron chi connectivity index (χ0n) is 15.1. The number of rotatable bonds is 5. The Morgan fingerprint density at radius 2 is 1.89 bits per heavy atom. The third-order valence-corrected chi connectivity index (χ3v) is 4.55. The highest BCUT2D eigenvalue weighted by molar-refractivity contribution is 6.01. The summed E-state index contributed by atoms with van der Waals surface area (Å²) in [6, 6.07) is 20.6. The predicted molar refractivity (Wildman–Crippen MR) is 106 cm³/mol. The molecule has 0 saturated heterocycles. The number of fused-ring (bicyclic) bond motifs is 1. The van der Waals surface area contributed by atoms with Crippen LogP contribution in [0.15, 0.2) is 72.9 Å². The van der Waals surface area contributed by atoms with Crippen molar-refractivity contribution in [1.82, 2.24) is 4.98 Å². The fraction of sp³-hybridized carbons (Fsp3) is 0.136. The van der Waals surface area contributed by atoms with E-state index < -0.39 is 5.92 Å². The first-order valence-corrected chi connectivity index (χ1v) is 9.02. The molecule has 2 heterocycles. The maximum absolute atomic E-state index is 13.2. The highest BCUT2D eigenvalue weighted by Gasteiger charge is 2.25. The number of para-hydroxylation sites is 1. The zero-order valence-corrected chi connectivity index (χ0v) is 15.1. The van der Waals surface area contributed by atoms with Gasteiger partial charge in [-0.2, -0.15) is 0 Å². The molecular formula is C22H19N3O3. The van der Waals surface area contributed by atoms with E-state index in [0.717, 1.165) is 11.3 Å². The predicted octanol–water partition coefficient (Wildman–Crippen LogP) is 3.38. The summed E-state index contributed by atoms with van der Waals surface area (Å²) in [5, 5.41) is 5.71. The standard InChI is InChI=1S/C22H19N3O3/c26-20-14-28-21-18(24-20)10-6-11-19(21)25-22(27)17(15-7-2-1-3-8-15)13-16-9-4-5-12-23-16/h1-12,17H,13-14H2,(H,24,26)(H,25,27). The lowest BCUT2D eigenvalue weighted by Crippen LogP contribution is -2.27. The molecule has 1 aliphatic rings. The van der Waals surface area contributed by atoms with Crippen molar-refractivity contribution in [2.24, 2.45) is 0 Å². The number of anilines is 2. The number of carbonyl (C=O) groups excluding carboxylic acids is 2. The van der Waals surface area contributed by atoms with Crippen LogP contribution in [-0.2, 0) is 16.0 Å². The first-order chi connectivity index (χ1) is 13.7. The van der Waals surface area contributed by atoms with E-state index in [9.17, 15) is 9.59 Å². The summed E-state index contributed by atoms with van der Waals surface area (Å²) in [6.07, 6.45) is 2.20. The summed E-state index contributed by atoms with van der Waals surface area (Å²) < 4.78 is 5.53. The molecule has 0 saturated carbocycles. The molecule has 2 aromatic carbocycles. The lowest BCUT2D eigenvalue weighted by Gasteiger charge is -2.22. The van der Waals surface area contributed by atoms with Gasteiger partial charge in [-0.25, -0.2) is 0 Å². The van der Waals surface area contributed by atoms with E-state index in [1.165, 1.54) is 0 Å². The average Bonchev–Trinajstić information content (AvgIpc) is 2.73. The molecule has 1 atom stereocenters. The van der Waals surface area contributed by atoms with Crippen molar-refractivity contribution < 1.29 is 14.3 Å². The molecule has 28 heavy (non-hydrogen) atoms. The highest BCUT2D eigenvalue weighted by atomic mass is 16.5. The summed E-state index contributed by atoms with van der Waals surface area (Å²) in [4.78, 5) is 29.1. The molecular weight excluding hydrogens is 354 g/mol. The topological polar surface area (TPSA) is 80.3 Å². The van der Waals surface area contributed by atoms with E-state index in [2.05, 4.69) is 15.6 Å². The number of pyridine rings is 1. The van der Waals surface area contributed by atoms with E-state index in [0.29, 0.717) is 23.5 Å². The number of nitrogens with zero attached hydrogens (tertiary/aromatic N) is 1. The van der Waals surface area contributed by atoms with Gasteiger partial charge in [-0.3, -0.25) is 14.6 Å². The number of ether oxygens (including phenoxy) is 1. The second-order valence-corrected chi connectivity index (χ2v) is 6.50. The van der Waals surface area contributed by atoms with Gasteiger partial charge in [0.05, 0.1) is 17.3 Å². The largest absolute Gasteiger partial charge is 0.479 e. The van der Waals surface area contributed by atoms with E-state index in [-0.39, 0.29) is 18.4 Å². The van der Waals surface area contributed by atoms with E-state index >= 15 is 0 Å². The van der Waals surface area contributed by atoms with Crippen LogP contribution in [0.4, 0.5) is 11.4 Å². The molecule has 4 rings (SSSR count). The van der Waals surface area contributed by atoms with Gasteiger partial charge in [0.25, 0.3) is 5.91 Å². The maximum atomic E-state index is 13.2. The van der Waals surface area contributed by atoms with Crippen molar-refractivity contribution >= 4 is 23.2 Å². The number of aromatic nitrogens is 1. The third kappa shape index (κ3) is 3.86. The van der Waals surface area contributed by atoms with Gasteiger partial charge >= 0.3 is 0 Å². The number of amides is 2. The van der Waals surface area contributed by atoms with Crippen molar-refractivity contribution in [2.45, 2.75) is 12.3 Å². The second-order valence-electron chi connectivity index (χ2n) is 6.50. The molecule has 0 fully saturated rings. The summed E-state index contributed by atoms with van der Waals surface area (Å²) in [6.45, 7) is -0.0735. The fourth-order valence-electron chi connectivity index (χ4n) is 3.21. The van der Waals surface area contributed by atoms with Crippen LogP contribution in [0.25, 0.3) is 0 Å². The van der Waals surface area contributed by atoms with Crippen LogP contribution in [0.3, 0.4) is 0 Å². The van der Waals surface area contributed by atoms with E-state index in [1.54, 1.807) is 24.4 Å². The maximum Gasteiger partial charge on any atom is 0.262 e. The van der Waals surface area contributed by atoms with Gasteiger partial charge in [0, 0.05) is 18.3 Å². The fourth-order valence-corrected chi connectivity index (χ4v) is 3.21. The van der Waals surface area contributed by atoms with Gasteiger partial charge in [-0.15, -0.1) is 0 Å². The summed E-state index contributed by atoms with van der Waals surface area (Å²) in [5.41, 5.74) is 2.83. The molecule has 0 aliphatic carbocycles. The summed E-state index contributed by atoms with van der Waals surface area (Å²) >= 11 is 0. The van der Waals surface area contributed by atoms with Crippen molar-refractivity contribution in [3.63, 3.8) is 0 Å². The highest BCUT2D eigenvalue weighted by Crippen LogP contribution is 2.36. The Kier molecular flexibility index (Phi) is 5.01. The van der Waals surface area contributed by atoms with Gasteiger partial charge in [0.1, 0.15) is 0 Å². The monoisotopic (exact) mass is 373 g/mol. The molecule has 1 aromatic heterocycles. The van der Waals surface area contributed by atoms with E-state index in [1.807, 2.05) is 48.5 Å². The molecule has 2 amide bonds. The number of nitrogens with one attached hydrogen (secondary N) is 2. The van der Waals surface area contributed by atoms with Crippen LogP contribution in [0, 0.1) is 0 Å². The average molecular weight is 373 g/mol. The van der Waals surface area contributed by atoms with Gasteiger partial charge in [0.15, 0.2) is 12.4 Å². The van der Waals surface area contributed by atoms with Gasteiger partial charge < -0.3 is 15.4 Å². The number of carbonyl (C=O) groups is 2. The third-order valence-electron chi connectivity index (χ3n) is 4.55. The molecule has 2 N–H and O–H groups in total. The van der Waals surface area contributed by atoms with Crippen LogP contribution < -0.4 is 15.4 Å². The Balaban J connectivity index is 1.61. The Morgan fingerprint density at radius 3 is 2.68 bits per heavy atom. The Morgan fingerprint density at radius 1 is 1.07 bits per heavy atom. The molecule has 1 aliphatic heterocycles. The normalized spacial score (nSPS) is 13.6. The zero-order chi connectivity index (χ0) is 19.3. The molecule has 3 aromatic rings. The van der Waals surface area contributed by atoms with Crippen molar-refractivity contribution in [3.8, 4) is 5.75 Å². The first kappa shape index (κ1) is 17.7. The van der Waals surface area contributed by atoms with Crippen molar-refractivity contribution in [3.05, 3.63) is 84.2 Å². The van der Waals surface area contributed by atoms with Crippen LogP contribution in [0.2, 0.25) is 0 Å². The van der Waals surface area contributed by atoms with Gasteiger partial charge in [-0.1, -0.05) is 42.5 Å². The van der Waals surface area contributed by atoms with Crippen molar-refractivity contribution in [2.75, 3.05) is 17.2 Å². The minimum atomic E-state index is -0.412. The van der Waals surface area contributed by atoms with Crippen LogP contribution in [0.1, 0.15) is 17.2 Å². The Hall–Kier alpha value is -3.67. The summed E-state index contributed by atoms with van der Waals surface area (Å²) in [5.74, 6) is -0.315. The molecule has 6 heteroatoms. The Labute approximate surface area is 162 Å². The lowest BCUT2D eigenvalue weighted by molar-refractivity contribution is -0.118. The van der Waals surface area contributed by atoms with E-state index in [4.69, 9.17) is 4.74 Å². The lowest BCUT2D eigenvalue weighted by atomic mass is 9.93. The molecule has 1 unspecified atom stereocenters.